The molecule has 1 N–H and O–H groups in total. The summed E-state index contributed by atoms with van der Waals surface area (Å²) in [6, 6.07) is 8.26. The number of hydrogen-bond donors (Lipinski definition) is 1. The molecule has 154 valence electrons. The molecule has 0 radical (unpaired) electrons. The maximum atomic E-state index is 12.7. The minimum atomic E-state index is -0.278. The number of carbonyl (C=O) groups excluding carboxylic acids is 2. The third kappa shape index (κ3) is 5.55. The average molecular weight is 388 g/mol. The Morgan fingerprint density at radius 3 is 2.64 bits per heavy atom. The Bertz CT molecular complexity index is 655. The summed E-state index contributed by atoms with van der Waals surface area (Å²) in [4.78, 5) is 29.2. The van der Waals surface area contributed by atoms with Gasteiger partial charge in [-0.3, -0.25) is 14.5 Å². The van der Waals surface area contributed by atoms with Crippen molar-refractivity contribution >= 4 is 17.5 Å². The number of nitrogens with zero attached hydrogens (tertiary/aromatic N) is 2. The van der Waals surface area contributed by atoms with E-state index < -0.39 is 0 Å². The zero-order valence-corrected chi connectivity index (χ0v) is 17.2. The summed E-state index contributed by atoms with van der Waals surface area (Å²) in [6.45, 7) is 8.81. The van der Waals surface area contributed by atoms with Gasteiger partial charge in [-0.2, -0.15) is 0 Å². The summed E-state index contributed by atoms with van der Waals surface area (Å²) in [7, 11) is 0. The average Bonchev–Trinajstić information content (AvgIpc) is 3.09. The molecule has 0 aliphatic carbocycles. The van der Waals surface area contributed by atoms with E-state index in [2.05, 4.69) is 29.3 Å². The van der Waals surface area contributed by atoms with E-state index in [1.54, 1.807) is 4.90 Å². The fourth-order valence-electron chi connectivity index (χ4n) is 3.93. The Kier molecular flexibility index (Phi) is 7.45. The lowest BCUT2D eigenvalue weighted by Crippen LogP contribution is -2.47. The van der Waals surface area contributed by atoms with E-state index in [-0.39, 0.29) is 30.2 Å². The van der Waals surface area contributed by atoms with Crippen molar-refractivity contribution in [1.29, 1.82) is 0 Å². The summed E-state index contributed by atoms with van der Waals surface area (Å²) in [5, 5.41) is 3.09. The van der Waals surface area contributed by atoms with Crippen LogP contribution in [0.1, 0.15) is 38.7 Å². The molecule has 2 amide bonds. The van der Waals surface area contributed by atoms with E-state index in [0.29, 0.717) is 6.54 Å². The van der Waals surface area contributed by atoms with Gasteiger partial charge in [-0.05, 0) is 37.5 Å². The van der Waals surface area contributed by atoms with Crippen LogP contribution in [0.2, 0.25) is 0 Å². The number of hydrogen-bond acceptors (Lipinski definition) is 4. The van der Waals surface area contributed by atoms with Crippen molar-refractivity contribution in [1.82, 2.24) is 10.2 Å². The van der Waals surface area contributed by atoms with Gasteiger partial charge in [0.05, 0.1) is 19.1 Å². The SMILES string of the molecule is CCCCc1ccc(N2CC(C(=O)NC(C)CN3CCOCC3)CC2=O)cc1. The molecule has 1 aromatic carbocycles. The highest BCUT2D eigenvalue weighted by Gasteiger charge is 2.35. The number of amides is 2. The molecule has 28 heavy (non-hydrogen) atoms. The van der Waals surface area contributed by atoms with Crippen LogP contribution in [0.15, 0.2) is 24.3 Å². The van der Waals surface area contributed by atoms with E-state index >= 15 is 0 Å². The number of morpholine rings is 1. The van der Waals surface area contributed by atoms with E-state index in [1.807, 2.05) is 19.1 Å². The van der Waals surface area contributed by atoms with Gasteiger partial charge in [-0.15, -0.1) is 0 Å². The highest BCUT2D eigenvalue weighted by molar-refractivity contribution is 6.00. The van der Waals surface area contributed by atoms with Gasteiger partial charge in [0.25, 0.3) is 0 Å². The van der Waals surface area contributed by atoms with Crippen LogP contribution in [0.3, 0.4) is 0 Å². The van der Waals surface area contributed by atoms with Gasteiger partial charge in [0.2, 0.25) is 11.8 Å². The van der Waals surface area contributed by atoms with Crippen molar-refractivity contribution < 1.29 is 14.3 Å². The van der Waals surface area contributed by atoms with Crippen LogP contribution in [0.25, 0.3) is 0 Å². The number of rotatable bonds is 8. The molecule has 2 heterocycles. The molecular weight excluding hydrogens is 354 g/mol. The normalized spacial score (nSPS) is 21.7. The second-order valence-corrected chi connectivity index (χ2v) is 8.00. The van der Waals surface area contributed by atoms with Gasteiger partial charge >= 0.3 is 0 Å². The molecule has 0 aromatic heterocycles. The molecule has 0 saturated carbocycles. The predicted octanol–water partition coefficient (Wildman–Crippen LogP) is 2.22. The Labute approximate surface area is 168 Å². The lowest BCUT2D eigenvalue weighted by atomic mass is 10.1. The second kappa shape index (κ2) is 10.0. The predicted molar refractivity (Wildman–Crippen MR) is 110 cm³/mol. The topological polar surface area (TPSA) is 61.9 Å². The van der Waals surface area contributed by atoms with Crippen LogP contribution in [-0.2, 0) is 20.7 Å². The number of ether oxygens (including phenoxy) is 1. The van der Waals surface area contributed by atoms with Crippen molar-refractivity contribution in [2.45, 2.75) is 45.6 Å². The first kappa shape index (κ1) is 20.8. The van der Waals surface area contributed by atoms with Gasteiger partial charge in [0, 0.05) is 44.3 Å². The van der Waals surface area contributed by atoms with Gasteiger partial charge in [-0.1, -0.05) is 25.5 Å². The van der Waals surface area contributed by atoms with Gasteiger partial charge in [-0.25, -0.2) is 0 Å². The second-order valence-electron chi connectivity index (χ2n) is 8.00. The molecule has 0 bridgehead atoms. The molecule has 2 aliphatic rings. The van der Waals surface area contributed by atoms with E-state index in [0.717, 1.165) is 45.0 Å². The van der Waals surface area contributed by atoms with Gasteiger partial charge < -0.3 is 15.0 Å². The Balaban J connectivity index is 1.50. The third-order valence-electron chi connectivity index (χ3n) is 5.59. The standard InChI is InChI=1S/C22H33N3O3/c1-3-4-5-18-6-8-20(9-7-18)25-16-19(14-21(25)26)22(27)23-17(2)15-24-10-12-28-13-11-24/h6-9,17,19H,3-5,10-16H2,1-2H3,(H,23,27). The quantitative estimate of drug-likeness (QED) is 0.743. The van der Waals surface area contributed by atoms with Crippen LogP contribution in [-0.4, -0.2) is 62.1 Å². The largest absolute Gasteiger partial charge is 0.379 e. The molecular formula is C22H33N3O3. The van der Waals surface area contributed by atoms with E-state index in [4.69, 9.17) is 4.74 Å². The first-order valence-corrected chi connectivity index (χ1v) is 10.6. The van der Waals surface area contributed by atoms with Crippen molar-refractivity contribution in [3.05, 3.63) is 29.8 Å². The Morgan fingerprint density at radius 2 is 1.96 bits per heavy atom. The highest BCUT2D eigenvalue weighted by atomic mass is 16.5. The maximum absolute atomic E-state index is 12.7. The summed E-state index contributed by atoms with van der Waals surface area (Å²) in [6.07, 6.45) is 3.70. The molecule has 1 aromatic rings. The monoisotopic (exact) mass is 387 g/mol. The lowest BCUT2D eigenvalue weighted by molar-refractivity contribution is -0.127. The van der Waals surface area contributed by atoms with Crippen LogP contribution < -0.4 is 10.2 Å². The fourth-order valence-corrected chi connectivity index (χ4v) is 3.93. The minimum Gasteiger partial charge on any atom is -0.379 e. The Hall–Kier alpha value is -1.92. The number of unbranched alkanes of at least 4 members (excludes halogenated alkanes) is 1. The number of aryl methyl sites for hydroxylation is 1. The van der Waals surface area contributed by atoms with Crippen molar-refractivity contribution in [3.8, 4) is 0 Å². The smallest absolute Gasteiger partial charge is 0.227 e. The summed E-state index contributed by atoms with van der Waals surface area (Å²) in [5.41, 5.74) is 2.19. The lowest BCUT2D eigenvalue weighted by Gasteiger charge is -2.29. The first-order valence-electron chi connectivity index (χ1n) is 10.6. The summed E-state index contributed by atoms with van der Waals surface area (Å²) < 4.78 is 5.36. The molecule has 2 aliphatic heterocycles. The molecule has 0 spiro atoms. The molecule has 2 atom stereocenters. The molecule has 3 rings (SSSR count). The Morgan fingerprint density at radius 1 is 1.25 bits per heavy atom. The number of carbonyl (C=O) groups is 2. The summed E-state index contributed by atoms with van der Waals surface area (Å²) >= 11 is 0. The van der Waals surface area contributed by atoms with Crippen LogP contribution >= 0.6 is 0 Å². The highest BCUT2D eigenvalue weighted by Crippen LogP contribution is 2.26. The van der Waals surface area contributed by atoms with E-state index in [1.165, 1.54) is 18.4 Å². The molecule has 2 unspecified atom stereocenters. The molecule has 2 saturated heterocycles. The number of benzene rings is 1. The first-order chi connectivity index (χ1) is 13.6. The summed E-state index contributed by atoms with van der Waals surface area (Å²) in [5.74, 6) is -0.266. The zero-order chi connectivity index (χ0) is 19.9. The van der Waals surface area contributed by atoms with Gasteiger partial charge in [0.1, 0.15) is 0 Å². The maximum Gasteiger partial charge on any atom is 0.227 e. The van der Waals surface area contributed by atoms with Crippen LogP contribution in [0, 0.1) is 5.92 Å². The van der Waals surface area contributed by atoms with Crippen LogP contribution in [0.5, 0.6) is 0 Å². The number of nitrogens with one attached hydrogen (secondary N) is 1. The number of anilines is 1. The molecule has 2 fully saturated rings. The minimum absolute atomic E-state index is 0.0174. The third-order valence-corrected chi connectivity index (χ3v) is 5.59. The van der Waals surface area contributed by atoms with E-state index in [9.17, 15) is 9.59 Å². The van der Waals surface area contributed by atoms with Crippen molar-refractivity contribution in [3.63, 3.8) is 0 Å². The van der Waals surface area contributed by atoms with Crippen LogP contribution in [0.4, 0.5) is 5.69 Å². The van der Waals surface area contributed by atoms with Gasteiger partial charge in [0.15, 0.2) is 0 Å². The van der Waals surface area contributed by atoms with Crippen molar-refractivity contribution in [2.24, 2.45) is 5.92 Å². The molecule has 6 nitrogen and oxygen atoms in total. The van der Waals surface area contributed by atoms with Crippen molar-refractivity contribution in [2.75, 3.05) is 44.3 Å². The zero-order valence-electron chi connectivity index (χ0n) is 17.2. The fraction of sp³-hybridized carbons (Fsp3) is 0.636. The molecule has 6 heteroatoms.